The Bertz CT molecular complexity index is 661. The standard InChI is InChI=1S/C24H29N/c1-21(2)24(22-13-6-3-7-14-22,23-15-8-4-9-16-23)17-12-20-25-18-10-5-11-19-25/h3-4,6-9,13-16,21H,5,10-11,18-20H2,1-2H3. The number of rotatable bonds is 4. The molecule has 1 saturated heterocycles. The molecule has 0 N–H and O–H groups in total. The smallest absolute Gasteiger partial charge is 0.0835 e. The van der Waals surface area contributed by atoms with Crippen LogP contribution in [0.3, 0.4) is 0 Å². The largest absolute Gasteiger partial charge is 0.292 e. The van der Waals surface area contributed by atoms with Gasteiger partial charge in [0.05, 0.1) is 12.0 Å². The van der Waals surface area contributed by atoms with E-state index < -0.39 is 0 Å². The first-order chi connectivity index (χ1) is 12.2. The number of nitrogens with zero attached hydrogens (tertiary/aromatic N) is 1. The average molecular weight is 332 g/mol. The van der Waals surface area contributed by atoms with Crippen LogP contribution in [0, 0.1) is 17.8 Å². The Morgan fingerprint density at radius 2 is 1.36 bits per heavy atom. The summed E-state index contributed by atoms with van der Waals surface area (Å²) < 4.78 is 0. The highest BCUT2D eigenvalue weighted by Gasteiger charge is 2.35. The van der Waals surface area contributed by atoms with Gasteiger partial charge in [-0.25, -0.2) is 0 Å². The molecule has 0 aliphatic carbocycles. The Labute approximate surface area is 153 Å². The molecule has 3 rings (SSSR count). The van der Waals surface area contributed by atoms with Gasteiger partial charge in [-0.15, -0.1) is 0 Å². The Kier molecular flexibility index (Phi) is 5.95. The summed E-state index contributed by atoms with van der Waals surface area (Å²) in [5.74, 6) is 7.67. The SMILES string of the molecule is CC(C)C(C#CCN1CCCCC1)(c1ccccc1)c1ccccc1. The van der Waals surface area contributed by atoms with Crippen molar-refractivity contribution in [1.82, 2.24) is 4.90 Å². The molecule has 1 fully saturated rings. The predicted molar refractivity (Wildman–Crippen MR) is 107 cm³/mol. The van der Waals surface area contributed by atoms with Crippen LogP contribution in [0.4, 0.5) is 0 Å². The molecule has 2 aromatic rings. The van der Waals surface area contributed by atoms with Crippen molar-refractivity contribution < 1.29 is 0 Å². The van der Waals surface area contributed by atoms with Gasteiger partial charge in [-0.05, 0) is 43.0 Å². The van der Waals surface area contributed by atoms with E-state index in [2.05, 4.69) is 91.3 Å². The summed E-state index contributed by atoms with van der Waals surface area (Å²) in [6, 6.07) is 21.6. The van der Waals surface area contributed by atoms with Gasteiger partial charge in [0, 0.05) is 0 Å². The summed E-state index contributed by atoms with van der Waals surface area (Å²) in [6.07, 6.45) is 4.00. The molecule has 0 radical (unpaired) electrons. The second-order valence-electron chi connectivity index (χ2n) is 7.33. The Balaban J connectivity index is 1.99. The molecule has 0 unspecified atom stereocenters. The maximum atomic E-state index is 3.72. The molecule has 0 bridgehead atoms. The fourth-order valence-electron chi connectivity index (χ4n) is 3.93. The molecule has 0 atom stereocenters. The molecule has 2 aromatic carbocycles. The summed E-state index contributed by atoms with van der Waals surface area (Å²) >= 11 is 0. The fraction of sp³-hybridized carbons (Fsp3) is 0.417. The van der Waals surface area contributed by atoms with E-state index in [1.165, 1.54) is 43.5 Å². The molecule has 1 heteroatoms. The zero-order valence-corrected chi connectivity index (χ0v) is 15.5. The minimum atomic E-state index is -0.252. The van der Waals surface area contributed by atoms with E-state index in [0.29, 0.717) is 5.92 Å². The van der Waals surface area contributed by atoms with Crippen LogP contribution in [-0.4, -0.2) is 24.5 Å². The highest BCUT2D eigenvalue weighted by molar-refractivity contribution is 5.49. The lowest BCUT2D eigenvalue weighted by molar-refractivity contribution is 0.255. The molecular weight excluding hydrogens is 302 g/mol. The number of likely N-dealkylation sites (tertiary alicyclic amines) is 1. The van der Waals surface area contributed by atoms with Crippen molar-refractivity contribution in [3.8, 4) is 11.8 Å². The lowest BCUT2D eigenvalue weighted by Gasteiger charge is -2.34. The van der Waals surface area contributed by atoms with Gasteiger partial charge in [0.25, 0.3) is 0 Å². The average Bonchev–Trinajstić information content (AvgIpc) is 2.67. The highest BCUT2D eigenvalue weighted by Crippen LogP contribution is 2.38. The van der Waals surface area contributed by atoms with Crippen LogP contribution in [0.1, 0.15) is 44.2 Å². The van der Waals surface area contributed by atoms with Gasteiger partial charge in [0.2, 0.25) is 0 Å². The normalized spacial score (nSPS) is 15.6. The van der Waals surface area contributed by atoms with Crippen LogP contribution in [0.15, 0.2) is 60.7 Å². The zero-order valence-electron chi connectivity index (χ0n) is 15.5. The molecule has 25 heavy (non-hydrogen) atoms. The molecule has 0 aromatic heterocycles. The summed E-state index contributed by atoms with van der Waals surface area (Å²) in [6.45, 7) is 7.85. The van der Waals surface area contributed by atoms with Gasteiger partial charge < -0.3 is 0 Å². The quantitative estimate of drug-likeness (QED) is 0.703. The second kappa shape index (κ2) is 8.37. The summed E-state index contributed by atoms with van der Waals surface area (Å²) in [4.78, 5) is 2.50. The van der Waals surface area contributed by atoms with Gasteiger partial charge in [0.1, 0.15) is 0 Å². The summed E-state index contributed by atoms with van der Waals surface area (Å²) in [5, 5.41) is 0. The number of piperidine rings is 1. The van der Waals surface area contributed by atoms with Crippen molar-refractivity contribution in [3.05, 3.63) is 71.8 Å². The van der Waals surface area contributed by atoms with Crippen LogP contribution < -0.4 is 0 Å². The van der Waals surface area contributed by atoms with Crippen molar-refractivity contribution in [2.24, 2.45) is 5.92 Å². The molecule has 0 spiro atoms. The van der Waals surface area contributed by atoms with Crippen LogP contribution >= 0.6 is 0 Å². The Morgan fingerprint density at radius 3 is 1.84 bits per heavy atom. The van der Waals surface area contributed by atoms with Crippen LogP contribution in [-0.2, 0) is 5.41 Å². The van der Waals surface area contributed by atoms with Gasteiger partial charge >= 0.3 is 0 Å². The first-order valence-corrected chi connectivity index (χ1v) is 9.57. The van der Waals surface area contributed by atoms with Crippen LogP contribution in [0.5, 0.6) is 0 Å². The van der Waals surface area contributed by atoms with E-state index in [9.17, 15) is 0 Å². The van der Waals surface area contributed by atoms with Crippen molar-refractivity contribution >= 4 is 0 Å². The van der Waals surface area contributed by atoms with Crippen LogP contribution in [0.2, 0.25) is 0 Å². The first kappa shape index (κ1) is 17.8. The molecule has 0 amide bonds. The second-order valence-corrected chi connectivity index (χ2v) is 7.33. The van der Waals surface area contributed by atoms with Crippen molar-refractivity contribution in [1.29, 1.82) is 0 Å². The van der Waals surface area contributed by atoms with E-state index >= 15 is 0 Å². The van der Waals surface area contributed by atoms with Crippen LogP contribution in [0.25, 0.3) is 0 Å². The number of hydrogen-bond acceptors (Lipinski definition) is 1. The molecule has 1 heterocycles. The topological polar surface area (TPSA) is 3.24 Å². The summed E-state index contributed by atoms with van der Waals surface area (Å²) in [5.41, 5.74) is 2.34. The third-order valence-corrected chi connectivity index (χ3v) is 5.36. The molecule has 130 valence electrons. The molecule has 1 aliphatic heterocycles. The number of benzene rings is 2. The Morgan fingerprint density at radius 1 is 0.840 bits per heavy atom. The van der Waals surface area contributed by atoms with Crippen molar-refractivity contribution in [2.45, 2.75) is 38.5 Å². The zero-order chi connectivity index (χ0) is 17.5. The molecular formula is C24H29N. The first-order valence-electron chi connectivity index (χ1n) is 9.57. The van der Waals surface area contributed by atoms with Crippen molar-refractivity contribution in [2.75, 3.05) is 19.6 Å². The molecule has 1 aliphatic rings. The maximum Gasteiger partial charge on any atom is 0.0835 e. The maximum absolute atomic E-state index is 3.72. The monoisotopic (exact) mass is 331 g/mol. The summed E-state index contributed by atoms with van der Waals surface area (Å²) in [7, 11) is 0. The third-order valence-electron chi connectivity index (χ3n) is 5.36. The van der Waals surface area contributed by atoms with Gasteiger partial charge in [-0.1, -0.05) is 92.8 Å². The minimum Gasteiger partial charge on any atom is -0.292 e. The lowest BCUT2D eigenvalue weighted by Crippen LogP contribution is -2.33. The molecule has 1 nitrogen and oxygen atoms in total. The Hall–Kier alpha value is -2.04. The minimum absolute atomic E-state index is 0.252. The van der Waals surface area contributed by atoms with E-state index in [4.69, 9.17) is 0 Å². The van der Waals surface area contributed by atoms with Gasteiger partial charge in [0.15, 0.2) is 0 Å². The predicted octanol–water partition coefficient (Wildman–Crippen LogP) is 5.12. The van der Waals surface area contributed by atoms with E-state index in [1.54, 1.807) is 0 Å². The van der Waals surface area contributed by atoms with Crippen molar-refractivity contribution in [3.63, 3.8) is 0 Å². The molecule has 0 saturated carbocycles. The van der Waals surface area contributed by atoms with E-state index in [-0.39, 0.29) is 5.41 Å². The van der Waals surface area contributed by atoms with Gasteiger partial charge in [-0.2, -0.15) is 0 Å². The highest BCUT2D eigenvalue weighted by atomic mass is 15.1. The van der Waals surface area contributed by atoms with E-state index in [0.717, 1.165) is 6.54 Å². The van der Waals surface area contributed by atoms with E-state index in [1.807, 2.05) is 0 Å². The number of hydrogen-bond donors (Lipinski definition) is 0. The third kappa shape index (κ3) is 3.97. The fourth-order valence-corrected chi connectivity index (χ4v) is 3.93. The lowest BCUT2D eigenvalue weighted by atomic mass is 9.67. The van der Waals surface area contributed by atoms with Gasteiger partial charge in [-0.3, -0.25) is 4.90 Å².